The Kier molecular flexibility index (Phi) is 4.92. The van der Waals surface area contributed by atoms with Gasteiger partial charge in [0.25, 0.3) is 6.43 Å². The van der Waals surface area contributed by atoms with Gasteiger partial charge in [-0.3, -0.25) is 0 Å². The van der Waals surface area contributed by atoms with Crippen LogP contribution in [0.3, 0.4) is 0 Å². The van der Waals surface area contributed by atoms with Crippen molar-refractivity contribution < 1.29 is 8.78 Å². The minimum absolute atomic E-state index is 0.123. The van der Waals surface area contributed by atoms with Gasteiger partial charge in [0.2, 0.25) is 0 Å². The molecule has 1 nitrogen and oxygen atoms in total. The van der Waals surface area contributed by atoms with Crippen molar-refractivity contribution in [2.75, 3.05) is 13.1 Å². The van der Waals surface area contributed by atoms with Gasteiger partial charge in [0.15, 0.2) is 0 Å². The lowest BCUT2D eigenvalue weighted by Crippen LogP contribution is -2.36. The first-order valence-electron chi connectivity index (χ1n) is 7.16. The van der Waals surface area contributed by atoms with Gasteiger partial charge in [-0.2, -0.15) is 0 Å². The van der Waals surface area contributed by atoms with Gasteiger partial charge >= 0.3 is 0 Å². The second kappa shape index (κ2) is 6.47. The molecule has 0 aliphatic carbocycles. The van der Waals surface area contributed by atoms with Crippen LogP contribution in [0.25, 0.3) is 0 Å². The third kappa shape index (κ3) is 3.75. The SMILES string of the molecule is CC(C)CC1CNCCC1c1ccc(C(F)F)cc1. The lowest BCUT2D eigenvalue weighted by molar-refractivity contribution is 0.151. The number of hydrogen-bond acceptors (Lipinski definition) is 1. The Labute approximate surface area is 114 Å². The second-order valence-electron chi connectivity index (χ2n) is 5.96. The molecular formula is C16H23F2N. The summed E-state index contributed by atoms with van der Waals surface area (Å²) in [4.78, 5) is 0. The molecule has 0 spiro atoms. The molecule has 1 fully saturated rings. The van der Waals surface area contributed by atoms with Crippen LogP contribution in [-0.2, 0) is 0 Å². The highest BCUT2D eigenvalue weighted by Crippen LogP contribution is 2.34. The normalized spacial score (nSPS) is 24.1. The summed E-state index contributed by atoms with van der Waals surface area (Å²) >= 11 is 0. The maximum Gasteiger partial charge on any atom is 0.263 e. The lowest BCUT2D eigenvalue weighted by atomic mass is 9.77. The number of alkyl halides is 2. The van der Waals surface area contributed by atoms with E-state index in [4.69, 9.17) is 0 Å². The molecule has 0 saturated carbocycles. The maximum absolute atomic E-state index is 12.6. The summed E-state index contributed by atoms with van der Waals surface area (Å²) in [5, 5.41) is 3.45. The molecule has 1 aliphatic rings. The van der Waals surface area contributed by atoms with Crippen molar-refractivity contribution >= 4 is 0 Å². The van der Waals surface area contributed by atoms with Crippen molar-refractivity contribution in [2.24, 2.45) is 11.8 Å². The van der Waals surface area contributed by atoms with Crippen LogP contribution in [0.2, 0.25) is 0 Å². The number of benzene rings is 1. The molecule has 3 heteroatoms. The van der Waals surface area contributed by atoms with E-state index < -0.39 is 6.43 Å². The van der Waals surface area contributed by atoms with Crippen LogP contribution < -0.4 is 5.32 Å². The molecule has 1 heterocycles. The van der Waals surface area contributed by atoms with E-state index in [1.807, 2.05) is 12.1 Å². The molecule has 0 aromatic heterocycles. The molecule has 1 aromatic carbocycles. The van der Waals surface area contributed by atoms with E-state index in [0.29, 0.717) is 17.8 Å². The quantitative estimate of drug-likeness (QED) is 0.854. The lowest BCUT2D eigenvalue weighted by Gasteiger charge is -2.33. The Morgan fingerprint density at radius 2 is 1.89 bits per heavy atom. The summed E-state index contributed by atoms with van der Waals surface area (Å²) in [6.45, 7) is 6.55. The summed E-state index contributed by atoms with van der Waals surface area (Å²) in [5.74, 6) is 1.80. The Morgan fingerprint density at radius 1 is 1.21 bits per heavy atom. The van der Waals surface area contributed by atoms with E-state index in [2.05, 4.69) is 19.2 Å². The maximum atomic E-state index is 12.6. The summed E-state index contributed by atoms with van der Waals surface area (Å²) in [5.41, 5.74) is 1.34. The smallest absolute Gasteiger partial charge is 0.263 e. The van der Waals surface area contributed by atoms with E-state index in [0.717, 1.165) is 19.5 Å². The molecule has 1 N–H and O–H groups in total. The van der Waals surface area contributed by atoms with Crippen molar-refractivity contribution in [3.8, 4) is 0 Å². The van der Waals surface area contributed by atoms with Gasteiger partial charge in [-0.05, 0) is 49.2 Å². The summed E-state index contributed by atoms with van der Waals surface area (Å²) in [6, 6.07) is 6.94. The topological polar surface area (TPSA) is 12.0 Å². The van der Waals surface area contributed by atoms with E-state index in [-0.39, 0.29) is 5.56 Å². The molecule has 1 aliphatic heterocycles. The first kappa shape index (κ1) is 14.4. The number of nitrogens with one attached hydrogen (secondary N) is 1. The predicted molar refractivity (Wildman–Crippen MR) is 74.6 cm³/mol. The average Bonchev–Trinajstić information content (AvgIpc) is 2.39. The van der Waals surface area contributed by atoms with Crippen LogP contribution in [0.5, 0.6) is 0 Å². The third-order valence-corrected chi connectivity index (χ3v) is 4.00. The fraction of sp³-hybridized carbons (Fsp3) is 0.625. The van der Waals surface area contributed by atoms with Gasteiger partial charge in [0.1, 0.15) is 0 Å². The van der Waals surface area contributed by atoms with Crippen LogP contribution >= 0.6 is 0 Å². The van der Waals surface area contributed by atoms with E-state index in [1.165, 1.54) is 12.0 Å². The number of piperidine rings is 1. The standard InChI is InChI=1S/C16H23F2N/c1-11(2)9-14-10-19-8-7-15(14)12-3-5-13(6-4-12)16(17)18/h3-6,11,14-16,19H,7-10H2,1-2H3. The zero-order valence-corrected chi connectivity index (χ0v) is 11.7. The summed E-state index contributed by atoms with van der Waals surface area (Å²) in [6.07, 6.45) is -0.0758. The zero-order valence-electron chi connectivity index (χ0n) is 11.7. The highest BCUT2D eigenvalue weighted by atomic mass is 19.3. The zero-order chi connectivity index (χ0) is 13.8. The van der Waals surface area contributed by atoms with E-state index in [9.17, 15) is 8.78 Å². The highest BCUT2D eigenvalue weighted by molar-refractivity contribution is 5.27. The molecule has 0 bridgehead atoms. The number of halogens is 2. The van der Waals surface area contributed by atoms with Crippen LogP contribution in [0.1, 0.15) is 50.2 Å². The summed E-state index contributed by atoms with van der Waals surface area (Å²) in [7, 11) is 0. The van der Waals surface area contributed by atoms with Crippen molar-refractivity contribution in [1.29, 1.82) is 0 Å². The Morgan fingerprint density at radius 3 is 2.47 bits per heavy atom. The first-order chi connectivity index (χ1) is 9.08. The minimum atomic E-state index is -2.37. The average molecular weight is 267 g/mol. The third-order valence-electron chi connectivity index (χ3n) is 4.00. The van der Waals surface area contributed by atoms with Gasteiger partial charge in [-0.25, -0.2) is 8.78 Å². The van der Waals surface area contributed by atoms with Crippen molar-refractivity contribution in [1.82, 2.24) is 5.32 Å². The Bertz CT molecular complexity index is 386. The molecule has 1 aromatic rings. The van der Waals surface area contributed by atoms with Crippen molar-refractivity contribution in [3.05, 3.63) is 35.4 Å². The predicted octanol–water partition coefficient (Wildman–Crippen LogP) is 4.36. The molecule has 2 rings (SSSR count). The minimum Gasteiger partial charge on any atom is -0.316 e. The number of hydrogen-bond donors (Lipinski definition) is 1. The van der Waals surface area contributed by atoms with Crippen LogP contribution in [0, 0.1) is 11.8 Å². The van der Waals surface area contributed by atoms with Crippen molar-refractivity contribution in [3.63, 3.8) is 0 Å². The van der Waals surface area contributed by atoms with Gasteiger partial charge in [-0.15, -0.1) is 0 Å². The van der Waals surface area contributed by atoms with Gasteiger partial charge < -0.3 is 5.32 Å². The molecule has 0 amide bonds. The van der Waals surface area contributed by atoms with Crippen LogP contribution in [0.15, 0.2) is 24.3 Å². The number of rotatable bonds is 4. The van der Waals surface area contributed by atoms with Crippen molar-refractivity contribution in [2.45, 2.75) is 39.0 Å². The second-order valence-corrected chi connectivity index (χ2v) is 5.96. The van der Waals surface area contributed by atoms with Gasteiger partial charge in [0.05, 0.1) is 0 Å². The van der Waals surface area contributed by atoms with Crippen LogP contribution in [-0.4, -0.2) is 13.1 Å². The van der Waals surface area contributed by atoms with Crippen LogP contribution in [0.4, 0.5) is 8.78 Å². The van der Waals surface area contributed by atoms with Gasteiger partial charge in [0, 0.05) is 5.56 Å². The molecule has 0 radical (unpaired) electrons. The first-order valence-corrected chi connectivity index (χ1v) is 7.16. The van der Waals surface area contributed by atoms with Gasteiger partial charge in [-0.1, -0.05) is 38.1 Å². The molecule has 1 saturated heterocycles. The monoisotopic (exact) mass is 267 g/mol. The molecule has 19 heavy (non-hydrogen) atoms. The van der Waals surface area contributed by atoms with E-state index >= 15 is 0 Å². The van der Waals surface area contributed by atoms with E-state index in [1.54, 1.807) is 12.1 Å². The molecule has 2 atom stereocenters. The Hall–Kier alpha value is -0.960. The fourth-order valence-electron chi connectivity index (χ4n) is 3.10. The molecule has 106 valence electrons. The Balaban J connectivity index is 2.12. The fourth-order valence-corrected chi connectivity index (χ4v) is 3.10. The molecule has 2 unspecified atom stereocenters. The molecular weight excluding hydrogens is 244 g/mol. The highest BCUT2D eigenvalue weighted by Gasteiger charge is 2.26. The summed E-state index contributed by atoms with van der Waals surface area (Å²) < 4.78 is 25.2. The largest absolute Gasteiger partial charge is 0.316 e.